The number of carbonyl (C=O) groups excluding carboxylic acids is 1. The molecule has 0 radical (unpaired) electrons. The van der Waals surface area contributed by atoms with Gasteiger partial charge in [-0.3, -0.25) is 5.32 Å². The van der Waals surface area contributed by atoms with Crippen LogP contribution in [-0.4, -0.2) is 42.3 Å². The van der Waals surface area contributed by atoms with Gasteiger partial charge < -0.3 is 14.7 Å². The Labute approximate surface area is 107 Å². The lowest BCUT2D eigenvalue weighted by Crippen LogP contribution is -2.34. The number of amides is 2. The molecule has 2 rings (SSSR count). The molecule has 1 aliphatic rings. The normalized spacial score (nSPS) is 20.0. The van der Waals surface area contributed by atoms with Crippen molar-refractivity contribution >= 4 is 11.8 Å². The van der Waals surface area contributed by atoms with Crippen LogP contribution in [0.15, 0.2) is 10.6 Å². The van der Waals surface area contributed by atoms with Crippen LogP contribution in [0.25, 0.3) is 0 Å². The zero-order valence-electron chi connectivity index (χ0n) is 10.9. The number of urea groups is 1. The molecule has 2 amide bonds. The molecule has 1 atom stereocenters. The summed E-state index contributed by atoms with van der Waals surface area (Å²) in [7, 11) is 0. The van der Waals surface area contributed by atoms with Crippen molar-refractivity contribution in [3.8, 4) is 0 Å². The lowest BCUT2D eigenvalue weighted by atomic mass is 10.1. The Morgan fingerprint density at radius 1 is 1.67 bits per heavy atom. The van der Waals surface area contributed by atoms with Gasteiger partial charge in [0.25, 0.3) is 0 Å². The Hall–Kier alpha value is -1.56. The maximum absolute atomic E-state index is 11.6. The van der Waals surface area contributed by atoms with E-state index in [1.165, 1.54) is 0 Å². The minimum atomic E-state index is -0.224. The van der Waals surface area contributed by atoms with Crippen LogP contribution in [0.2, 0.25) is 0 Å². The van der Waals surface area contributed by atoms with E-state index >= 15 is 0 Å². The first-order valence-electron chi connectivity index (χ1n) is 6.38. The average Bonchev–Trinajstić information content (AvgIpc) is 2.95. The van der Waals surface area contributed by atoms with E-state index in [-0.39, 0.29) is 6.03 Å². The molecule has 6 heteroatoms. The Morgan fingerprint density at radius 2 is 2.50 bits per heavy atom. The Kier molecular flexibility index (Phi) is 4.19. The predicted octanol–water partition coefficient (Wildman–Crippen LogP) is 1.45. The third-order valence-electron chi connectivity index (χ3n) is 3.24. The van der Waals surface area contributed by atoms with Crippen LogP contribution in [0.1, 0.15) is 19.1 Å². The summed E-state index contributed by atoms with van der Waals surface area (Å²) in [6.07, 6.45) is 1.15. The monoisotopic (exact) mass is 252 g/mol. The average molecular weight is 252 g/mol. The highest BCUT2D eigenvalue weighted by Crippen LogP contribution is 2.14. The smallest absolute Gasteiger partial charge is 0.320 e. The molecule has 1 aromatic rings. The minimum Gasteiger partial charge on any atom is -0.360 e. The third-order valence-corrected chi connectivity index (χ3v) is 3.24. The van der Waals surface area contributed by atoms with Gasteiger partial charge in [0.05, 0.1) is 0 Å². The Bertz CT molecular complexity index is 405. The summed E-state index contributed by atoms with van der Waals surface area (Å²) < 4.78 is 4.87. The second-order valence-electron chi connectivity index (χ2n) is 4.71. The SMILES string of the molecule is CCN1CC[C@H](CNC(=O)Nc2cc(C)on2)C1. The maximum atomic E-state index is 11.6. The van der Waals surface area contributed by atoms with E-state index in [1.807, 2.05) is 0 Å². The molecule has 0 unspecified atom stereocenters. The van der Waals surface area contributed by atoms with Gasteiger partial charge >= 0.3 is 6.03 Å². The van der Waals surface area contributed by atoms with Crippen LogP contribution in [0.3, 0.4) is 0 Å². The topological polar surface area (TPSA) is 70.4 Å². The lowest BCUT2D eigenvalue weighted by Gasteiger charge is -2.13. The second-order valence-corrected chi connectivity index (χ2v) is 4.71. The molecular formula is C12H20N4O2. The van der Waals surface area contributed by atoms with Gasteiger partial charge in [0.2, 0.25) is 0 Å². The zero-order valence-corrected chi connectivity index (χ0v) is 10.9. The van der Waals surface area contributed by atoms with Gasteiger partial charge in [-0.05, 0) is 32.4 Å². The molecule has 1 aromatic heterocycles. The second kappa shape index (κ2) is 5.86. The summed E-state index contributed by atoms with van der Waals surface area (Å²) in [5, 5.41) is 9.22. The van der Waals surface area contributed by atoms with Crippen molar-refractivity contribution < 1.29 is 9.32 Å². The first-order valence-corrected chi connectivity index (χ1v) is 6.38. The van der Waals surface area contributed by atoms with Crippen molar-refractivity contribution in [1.29, 1.82) is 0 Å². The number of likely N-dealkylation sites (tertiary alicyclic amines) is 1. The quantitative estimate of drug-likeness (QED) is 0.850. The van der Waals surface area contributed by atoms with E-state index in [9.17, 15) is 4.79 Å². The summed E-state index contributed by atoms with van der Waals surface area (Å²) in [6.45, 7) is 7.94. The van der Waals surface area contributed by atoms with E-state index in [0.29, 0.717) is 24.0 Å². The minimum absolute atomic E-state index is 0.224. The molecule has 0 spiro atoms. The molecule has 1 saturated heterocycles. The highest BCUT2D eigenvalue weighted by Gasteiger charge is 2.21. The predicted molar refractivity (Wildman–Crippen MR) is 68.5 cm³/mol. The number of nitrogens with one attached hydrogen (secondary N) is 2. The van der Waals surface area contributed by atoms with Gasteiger partial charge in [0, 0.05) is 19.2 Å². The standard InChI is InChI=1S/C12H20N4O2/c1-3-16-5-4-10(8-16)7-13-12(17)14-11-6-9(2)18-15-11/h6,10H,3-5,7-8H2,1-2H3,(H2,13,14,15,17)/t10-/m1/s1. The number of anilines is 1. The van der Waals surface area contributed by atoms with Gasteiger partial charge in [-0.1, -0.05) is 12.1 Å². The van der Waals surface area contributed by atoms with E-state index in [0.717, 1.165) is 26.1 Å². The first-order chi connectivity index (χ1) is 8.67. The molecule has 0 aliphatic carbocycles. The van der Waals surface area contributed by atoms with Crippen molar-refractivity contribution in [2.45, 2.75) is 20.3 Å². The van der Waals surface area contributed by atoms with E-state index in [1.54, 1.807) is 13.0 Å². The molecule has 18 heavy (non-hydrogen) atoms. The van der Waals surface area contributed by atoms with Crippen LogP contribution in [-0.2, 0) is 0 Å². The number of hydrogen-bond acceptors (Lipinski definition) is 4. The van der Waals surface area contributed by atoms with Gasteiger partial charge in [-0.15, -0.1) is 0 Å². The van der Waals surface area contributed by atoms with E-state index < -0.39 is 0 Å². The summed E-state index contributed by atoms with van der Waals surface area (Å²) in [5.74, 6) is 1.68. The number of aromatic nitrogens is 1. The molecule has 2 heterocycles. The fourth-order valence-corrected chi connectivity index (χ4v) is 2.19. The number of nitrogens with zero attached hydrogens (tertiary/aromatic N) is 2. The third kappa shape index (κ3) is 3.46. The number of carbonyl (C=O) groups is 1. The lowest BCUT2D eigenvalue weighted by molar-refractivity contribution is 0.249. The van der Waals surface area contributed by atoms with Crippen LogP contribution in [0.4, 0.5) is 10.6 Å². The molecule has 2 N–H and O–H groups in total. The van der Waals surface area contributed by atoms with Crippen LogP contribution in [0.5, 0.6) is 0 Å². The van der Waals surface area contributed by atoms with Crippen LogP contribution >= 0.6 is 0 Å². The highest BCUT2D eigenvalue weighted by molar-refractivity contribution is 5.88. The summed E-state index contributed by atoms with van der Waals surface area (Å²) in [4.78, 5) is 14.0. The Morgan fingerprint density at radius 3 is 3.11 bits per heavy atom. The van der Waals surface area contributed by atoms with Crippen LogP contribution in [0, 0.1) is 12.8 Å². The molecule has 0 bridgehead atoms. The number of aryl methyl sites for hydroxylation is 1. The molecular weight excluding hydrogens is 232 g/mol. The molecule has 100 valence electrons. The Balaban J connectivity index is 1.69. The van der Waals surface area contributed by atoms with Crippen molar-refractivity contribution in [3.05, 3.63) is 11.8 Å². The van der Waals surface area contributed by atoms with Gasteiger partial charge in [0.1, 0.15) is 5.76 Å². The largest absolute Gasteiger partial charge is 0.360 e. The summed E-state index contributed by atoms with van der Waals surface area (Å²) in [5.41, 5.74) is 0. The maximum Gasteiger partial charge on any atom is 0.320 e. The molecule has 1 fully saturated rings. The van der Waals surface area contributed by atoms with Gasteiger partial charge in [0.15, 0.2) is 5.82 Å². The first kappa shape index (κ1) is 12.9. The fraction of sp³-hybridized carbons (Fsp3) is 0.667. The molecule has 6 nitrogen and oxygen atoms in total. The van der Waals surface area contributed by atoms with E-state index in [4.69, 9.17) is 4.52 Å². The fourth-order valence-electron chi connectivity index (χ4n) is 2.19. The highest BCUT2D eigenvalue weighted by atomic mass is 16.5. The van der Waals surface area contributed by atoms with Crippen molar-refractivity contribution in [1.82, 2.24) is 15.4 Å². The van der Waals surface area contributed by atoms with Gasteiger partial charge in [-0.2, -0.15) is 0 Å². The van der Waals surface area contributed by atoms with Gasteiger partial charge in [-0.25, -0.2) is 4.79 Å². The van der Waals surface area contributed by atoms with Crippen molar-refractivity contribution in [3.63, 3.8) is 0 Å². The summed E-state index contributed by atoms with van der Waals surface area (Å²) >= 11 is 0. The van der Waals surface area contributed by atoms with Crippen molar-refractivity contribution in [2.24, 2.45) is 5.92 Å². The zero-order chi connectivity index (χ0) is 13.0. The van der Waals surface area contributed by atoms with Crippen LogP contribution < -0.4 is 10.6 Å². The van der Waals surface area contributed by atoms with E-state index in [2.05, 4.69) is 27.6 Å². The number of hydrogen-bond donors (Lipinski definition) is 2. The molecule has 0 aromatic carbocycles. The molecule has 1 aliphatic heterocycles. The number of rotatable bonds is 4. The molecule has 0 saturated carbocycles. The summed E-state index contributed by atoms with van der Waals surface area (Å²) in [6, 6.07) is 1.46. The van der Waals surface area contributed by atoms with Crippen molar-refractivity contribution in [2.75, 3.05) is 31.5 Å².